The lowest BCUT2D eigenvalue weighted by Crippen LogP contribution is -2.20. The first kappa shape index (κ1) is 15.0. The summed E-state index contributed by atoms with van der Waals surface area (Å²) in [6.07, 6.45) is 0.350. The summed E-state index contributed by atoms with van der Waals surface area (Å²) in [6.45, 7) is 1.55. The highest BCUT2D eigenvalue weighted by atomic mass is 33.1. The summed E-state index contributed by atoms with van der Waals surface area (Å²) in [5.74, 6) is -1.54. The van der Waals surface area contributed by atoms with Crippen molar-refractivity contribution in [2.75, 3.05) is 11.5 Å². The van der Waals surface area contributed by atoms with Crippen LogP contribution in [0.2, 0.25) is 0 Å². The predicted octanol–water partition coefficient (Wildman–Crippen LogP) is 2.01. The van der Waals surface area contributed by atoms with Crippen LogP contribution >= 0.6 is 10.8 Å². The van der Waals surface area contributed by atoms with Crippen molar-refractivity contribution in [1.82, 2.24) is 0 Å². The Balaban J connectivity index is 2.65. The molecule has 6 heteroatoms. The van der Waals surface area contributed by atoms with Gasteiger partial charge in [0.25, 0.3) is 0 Å². The molecule has 0 aliphatic rings. The van der Waals surface area contributed by atoms with Gasteiger partial charge in [0.05, 0.1) is 11.7 Å². The average molecular weight is 288 g/mol. The second-order valence-electron chi connectivity index (χ2n) is 3.86. The van der Waals surface area contributed by atoms with E-state index >= 15 is 0 Å². The lowest BCUT2D eigenvalue weighted by atomic mass is 10.0. The van der Waals surface area contributed by atoms with E-state index in [1.165, 1.54) is 0 Å². The van der Waals surface area contributed by atoms with E-state index in [0.717, 1.165) is 16.4 Å². The zero-order chi connectivity index (χ0) is 13.6. The molecule has 4 nitrogen and oxygen atoms in total. The lowest BCUT2D eigenvalue weighted by molar-refractivity contribution is -0.140. The monoisotopic (exact) mass is 288 g/mol. The van der Waals surface area contributed by atoms with Crippen molar-refractivity contribution in [3.05, 3.63) is 35.9 Å². The molecular weight excluding hydrogens is 272 g/mol. The van der Waals surface area contributed by atoms with Crippen LogP contribution in [-0.4, -0.2) is 31.0 Å². The standard InChI is InChI=1S/C12H16O4S2/c1-2-18(15,16)17-9-11(12(13)14)8-10-6-4-3-5-7-10/h3-7,11H,2,8-9H2,1H3,(H,13,14). The molecule has 1 N–H and O–H groups in total. The van der Waals surface area contributed by atoms with Gasteiger partial charge in [0.15, 0.2) is 0 Å². The maximum absolute atomic E-state index is 11.3. The molecule has 0 spiro atoms. The van der Waals surface area contributed by atoms with Crippen LogP contribution in [0.1, 0.15) is 12.5 Å². The summed E-state index contributed by atoms with van der Waals surface area (Å²) in [4.78, 5) is 11.1. The first-order chi connectivity index (χ1) is 8.44. The van der Waals surface area contributed by atoms with Crippen LogP contribution in [0, 0.1) is 5.92 Å². The Hall–Kier alpha value is -1.01. The van der Waals surface area contributed by atoms with E-state index < -0.39 is 20.8 Å². The van der Waals surface area contributed by atoms with Gasteiger partial charge in [0.1, 0.15) is 0 Å². The van der Waals surface area contributed by atoms with Crippen molar-refractivity contribution >= 4 is 25.6 Å². The third-order valence-electron chi connectivity index (χ3n) is 2.48. The molecule has 0 aromatic heterocycles. The molecule has 0 bridgehead atoms. The van der Waals surface area contributed by atoms with Crippen molar-refractivity contribution in [1.29, 1.82) is 0 Å². The zero-order valence-electron chi connectivity index (χ0n) is 10.1. The minimum atomic E-state index is -3.19. The number of aliphatic carboxylic acids is 1. The van der Waals surface area contributed by atoms with Gasteiger partial charge in [-0.1, -0.05) is 37.3 Å². The van der Waals surface area contributed by atoms with Gasteiger partial charge in [-0.25, -0.2) is 8.42 Å². The van der Waals surface area contributed by atoms with Crippen molar-refractivity contribution in [2.24, 2.45) is 5.92 Å². The van der Waals surface area contributed by atoms with E-state index in [-0.39, 0.29) is 11.5 Å². The van der Waals surface area contributed by atoms with Crippen LogP contribution in [0.15, 0.2) is 30.3 Å². The SMILES string of the molecule is CCS(=O)(=O)SCC(Cc1ccccc1)C(=O)O. The normalized spacial score (nSPS) is 13.2. The molecule has 0 saturated heterocycles. The van der Waals surface area contributed by atoms with Gasteiger partial charge < -0.3 is 5.11 Å². The number of benzene rings is 1. The molecule has 18 heavy (non-hydrogen) atoms. The maximum atomic E-state index is 11.3. The summed E-state index contributed by atoms with van der Waals surface area (Å²) < 4.78 is 22.7. The lowest BCUT2D eigenvalue weighted by Gasteiger charge is -2.11. The summed E-state index contributed by atoms with van der Waals surface area (Å²) in [5.41, 5.74) is 0.902. The highest BCUT2D eigenvalue weighted by Crippen LogP contribution is 2.20. The number of hydrogen-bond acceptors (Lipinski definition) is 4. The topological polar surface area (TPSA) is 71.4 Å². The van der Waals surface area contributed by atoms with Crippen molar-refractivity contribution < 1.29 is 18.3 Å². The molecule has 1 aromatic rings. The second-order valence-corrected chi connectivity index (χ2v) is 8.35. The van der Waals surface area contributed by atoms with Gasteiger partial charge in [-0.05, 0) is 22.8 Å². The van der Waals surface area contributed by atoms with Gasteiger partial charge >= 0.3 is 5.97 Å². The van der Waals surface area contributed by atoms with Crippen molar-refractivity contribution in [3.8, 4) is 0 Å². The van der Waals surface area contributed by atoms with Gasteiger partial charge in [-0.3, -0.25) is 4.79 Å². The Morgan fingerprint density at radius 3 is 2.44 bits per heavy atom. The first-order valence-corrected chi connectivity index (χ1v) is 8.74. The minimum absolute atomic E-state index is 0.0232. The molecule has 0 amide bonds. The molecule has 100 valence electrons. The van der Waals surface area contributed by atoms with Crippen molar-refractivity contribution in [2.45, 2.75) is 13.3 Å². The fourth-order valence-electron chi connectivity index (χ4n) is 1.39. The van der Waals surface area contributed by atoms with E-state index in [2.05, 4.69) is 0 Å². The fraction of sp³-hybridized carbons (Fsp3) is 0.417. The third kappa shape index (κ3) is 5.10. The molecule has 0 saturated carbocycles. The first-order valence-electron chi connectivity index (χ1n) is 5.58. The van der Waals surface area contributed by atoms with Crippen LogP contribution in [0.3, 0.4) is 0 Å². The average Bonchev–Trinajstić information content (AvgIpc) is 2.35. The van der Waals surface area contributed by atoms with Gasteiger partial charge in [-0.2, -0.15) is 0 Å². The minimum Gasteiger partial charge on any atom is -0.481 e. The molecule has 0 aliphatic carbocycles. The molecule has 0 heterocycles. The van der Waals surface area contributed by atoms with Crippen LogP contribution < -0.4 is 0 Å². The number of rotatable bonds is 7. The molecule has 0 aliphatic heterocycles. The predicted molar refractivity (Wildman–Crippen MR) is 73.2 cm³/mol. The Kier molecular flexibility index (Phi) is 5.68. The molecule has 1 unspecified atom stereocenters. The molecule has 1 rings (SSSR count). The fourth-order valence-corrected chi connectivity index (χ4v) is 3.80. The number of carboxylic acids is 1. The number of carbonyl (C=O) groups is 1. The molecule has 1 atom stereocenters. The molecular formula is C12H16O4S2. The Morgan fingerprint density at radius 1 is 1.33 bits per heavy atom. The summed E-state index contributed by atoms with van der Waals surface area (Å²) in [5, 5.41) is 9.10. The maximum Gasteiger partial charge on any atom is 0.307 e. The van der Waals surface area contributed by atoms with Crippen LogP contribution in [0.25, 0.3) is 0 Å². The Labute approximate surface area is 111 Å². The van der Waals surface area contributed by atoms with Gasteiger partial charge in [0.2, 0.25) is 8.87 Å². The zero-order valence-corrected chi connectivity index (χ0v) is 11.7. The summed E-state index contributed by atoms with van der Waals surface area (Å²) in [7, 11) is -2.46. The highest BCUT2D eigenvalue weighted by molar-refractivity contribution is 8.72. The highest BCUT2D eigenvalue weighted by Gasteiger charge is 2.21. The van der Waals surface area contributed by atoms with Crippen molar-refractivity contribution in [3.63, 3.8) is 0 Å². The Morgan fingerprint density at radius 2 is 1.94 bits per heavy atom. The van der Waals surface area contributed by atoms with Crippen LogP contribution in [-0.2, 0) is 20.1 Å². The molecule has 0 fully saturated rings. The summed E-state index contributed by atoms with van der Waals surface area (Å²) >= 11 is 0. The van der Waals surface area contributed by atoms with E-state index in [0.29, 0.717) is 6.42 Å². The second kappa shape index (κ2) is 6.80. The van der Waals surface area contributed by atoms with E-state index in [1.54, 1.807) is 6.92 Å². The smallest absolute Gasteiger partial charge is 0.307 e. The quantitative estimate of drug-likeness (QED) is 0.777. The molecule has 0 radical (unpaired) electrons. The van der Waals surface area contributed by atoms with Gasteiger partial charge in [-0.15, -0.1) is 0 Å². The Bertz CT molecular complexity index is 482. The van der Waals surface area contributed by atoms with Gasteiger partial charge in [0, 0.05) is 5.75 Å². The largest absolute Gasteiger partial charge is 0.481 e. The third-order valence-corrected chi connectivity index (χ3v) is 6.27. The van der Waals surface area contributed by atoms with Crippen LogP contribution in [0.4, 0.5) is 0 Å². The van der Waals surface area contributed by atoms with E-state index in [9.17, 15) is 13.2 Å². The summed E-state index contributed by atoms with van der Waals surface area (Å²) in [6, 6.07) is 9.22. The van der Waals surface area contributed by atoms with Crippen LogP contribution in [0.5, 0.6) is 0 Å². The molecule has 1 aromatic carbocycles. The number of carboxylic acid groups (broad SMARTS) is 1. The van der Waals surface area contributed by atoms with E-state index in [4.69, 9.17) is 5.11 Å². The number of hydrogen-bond donors (Lipinski definition) is 1. The van der Waals surface area contributed by atoms with E-state index in [1.807, 2.05) is 30.3 Å².